The fourth-order valence-corrected chi connectivity index (χ4v) is 1.30. The van der Waals surface area contributed by atoms with E-state index in [9.17, 15) is 0 Å². The second-order valence-electron chi connectivity index (χ2n) is 2.44. The molecular weight excluding hydrogens is 140 g/mol. The van der Waals surface area contributed by atoms with Crippen molar-refractivity contribution in [3.05, 3.63) is 28.3 Å². The van der Waals surface area contributed by atoms with Crippen LogP contribution in [0, 0.1) is 0 Å². The number of H-pyrrole nitrogens is 1. The molecule has 11 heavy (non-hydrogen) atoms. The van der Waals surface area contributed by atoms with Gasteiger partial charge in [0.2, 0.25) is 0 Å². The van der Waals surface area contributed by atoms with Gasteiger partial charge in [-0.2, -0.15) is 5.10 Å². The van der Waals surface area contributed by atoms with Gasteiger partial charge in [-0.3, -0.25) is 0 Å². The molecule has 4 nitrogen and oxygen atoms in total. The predicted molar refractivity (Wildman–Crippen MR) is 39.7 cm³/mol. The van der Waals surface area contributed by atoms with Gasteiger partial charge < -0.3 is 4.98 Å². The van der Waals surface area contributed by atoms with E-state index in [0.29, 0.717) is 0 Å². The van der Waals surface area contributed by atoms with Crippen LogP contribution in [0.1, 0.15) is 11.3 Å². The maximum Gasteiger partial charge on any atom is 0.159 e. The Hall–Kier alpha value is -1.71. The van der Waals surface area contributed by atoms with Crippen LogP contribution >= 0.6 is 0 Å². The minimum atomic E-state index is 0.815. The Kier molecular flexibility index (Phi) is 0.671. The first-order valence-corrected chi connectivity index (χ1v) is 3.32. The number of nitrogens with one attached hydrogen (secondary N) is 1. The topological polar surface area (TPSA) is 52.9 Å². The Balaban J connectivity index is 2.67. The quantitative estimate of drug-likeness (QED) is 0.514. The standard InChI is InChI=1S/C7H4N4/c1-2-8-7-6-4(3-9-11-6)5(1)10-7/h1-3H,(H,8,10). The molecule has 52 valence electrons. The zero-order chi connectivity index (χ0) is 7.26. The predicted octanol–water partition coefficient (Wildman–Crippen LogP) is -0.414. The molecule has 1 aromatic rings. The molecule has 0 atom stereocenters. The summed E-state index contributed by atoms with van der Waals surface area (Å²) in [7, 11) is 0. The van der Waals surface area contributed by atoms with Crippen molar-refractivity contribution in [3.8, 4) is 0 Å². The van der Waals surface area contributed by atoms with E-state index in [1.807, 2.05) is 6.08 Å². The van der Waals surface area contributed by atoms with E-state index in [-0.39, 0.29) is 0 Å². The first kappa shape index (κ1) is 5.01. The van der Waals surface area contributed by atoms with Crippen molar-refractivity contribution in [1.29, 1.82) is 0 Å². The van der Waals surface area contributed by atoms with E-state index in [1.54, 1.807) is 12.4 Å². The SMILES string of the molecule is C1=Cc2[nH]c(c3c2C=NN=3)=N1. The second-order valence-corrected chi connectivity index (χ2v) is 2.44. The van der Waals surface area contributed by atoms with E-state index >= 15 is 0 Å². The third-order valence-corrected chi connectivity index (χ3v) is 1.81. The number of aromatic amines is 1. The van der Waals surface area contributed by atoms with Gasteiger partial charge in [-0.05, 0) is 6.08 Å². The van der Waals surface area contributed by atoms with Gasteiger partial charge >= 0.3 is 0 Å². The first-order chi connectivity index (χ1) is 5.45. The maximum atomic E-state index is 4.10. The summed E-state index contributed by atoms with van der Waals surface area (Å²) in [5.74, 6) is 0. The Morgan fingerprint density at radius 1 is 1.36 bits per heavy atom. The van der Waals surface area contributed by atoms with Crippen molar-refractivity contribution in [2.75, 3.05) is 0 Å². The molecule has 1 N–H and O–H groups in total. The van der Waals surface area contributed by atoms with Crippen LogP contribution < -0.4 is 10.8 Å². The first-order valence-electron chi connectivity index (χ1n) is 3.32. The van der Waals surface area contributed by atoms with Gasteiger partial charge in [0.1, 0.15) is 5.36 Å². The van der Waals surface area contributed by atoms with Gasteiger partial charge in [0.25, 0.3) is 0 Å². The Bertz CT molecular complexity index is 489. The number of hydrogen-bond acceptors (Lipinski definition) is 3. The minimum absolute atomic E-state index is 0.815. The molecule has 0 saturated carbocycles. The van der Waals surface area contributed by atoms with Crippen LogP contribution in [0.4, 0.5) is 0 Å². The average molecular weight is 144 g/mol. The van der Waals surface area contributed by atoms with Crippen LogP contribution in [-0.4, -0.2) is 11.2 Å². The van der Waals surface area contributed by atoms with E-state index < -0.39 is 0 Å². The number of nitrogens with zero attached hydrogens (tertiary/aromatic N) is 3. The molecule has 1 aromatic heterocycles. The third kappa shape index (κ3) is 0.475. The van der Waals surface area contributed by atoms with Crippen molar-refractivity contribution in [2.24, 2.45) is 15.2 Å². The van der Waals surface area contributed by atoms with E-state index in [1.165, 1.54) is 0 Å². The molecule has 0 saturated heterocycles. The summed E-state index contributed by atoms with van der Waals surface area (Å²) in [6, 6.07) is 0. The maximum absolute atomic E-state index is 4.10. The molecule has 0 amide bonds. The minimum Gasteiger partial charge on any atom is -0.338 e. The summed E-state index contributed by atoms with van der Waals surface area (Å²) in [6.07, 6.45) is 5.43. The number of aromatic nitrogens is 1. The third-order valence-electron chi connectivity index (χ3n) is 1.81. The summed E-state index contributed by atoms with van der Waals surface area (Å²) in [4.78, 5) is 7.22. The summed E-state index contributed by atoms with van der Waals surface area (Å²) in [5, 5.41) is 8.60. The van der Waals surface area contributed by atoms with Crippen LogP contribution in [0.15, 0.2) is 21.4 Å². The number of fused-ring (bicyclic) bond motifs is 5. The number of hydrogen-bond donors (Lipinski definition) is 1. The molecule has 0 fully saturated rings. The van der Waals surface area contributed by atoms with Crippen LogP contribution in [0.5, 0.6) is 0 Å². The van der Waals surface area contributed by atoms with Gasteiger partial charge in [0, 0.05) is 11.8 Å². The lowest BCUT2D eigenvalue weighted by molar-refractivity contribution is 1.08. The molecule has 2 aliphatic rings. The van der Waals surface area contributed by atoms with Crippen molar-refractivity contribution in [2.45, 2.75) is 0 Å². The molecule has 3 rings (SSSR count). The lowest BCUT2D eigenvalue weighted by Crippen LogP contribution is -2.23. The molecular formula is C7H4N4. The van der Waals surface area contributed by atoms with E-state index in [0.717, 1.165) is 22.1 Å². The molecule has 0 radical (unpaired) electrons. The molecule has 0 spiro atoms. The van der Waals surface area contributed by atoms with Crippen molar-refractivity contribution in [3.63, 3.8) is 0 Å². The Labute approximate surface area is 61.7 Å². The van der Waals surface area contributed by atoms with Crippen LogP contribution in [-0.2, 0) is 0 Å². The average Bonchev–Trinajstić information content (AvgIpc) is 2.58. The molecule has 0 unspecified atom stereocenters. The van der Waals surface area contributed by atoms with Crippen LogP contribution in [0.3, 0.4) is 0 Å². The summed E-state index contributed by atoms with van der Waals surface area (Å²) >= 11 is 0. The molecule has 0 aromatic carbocycles. The van der Waals surface area contributed by atoms with Crippen molar-refractivity contribution < 1.29 is 0 Å². The fourth-order valence-electron chi connectivity index (χ4n) is 1.30. The summed E-state index contributed by atoms with van der Waals surface area (Å²) in [5.41, 5.74) is 2.92. The van der Waals surface area contributed by atoms with E-state index in [4.69, 9.17) is 0 Å². The van der Waals surface area contributed by atoms with Gasteiger partial charge in [-0.1, -0.05) is 0 Å². The highest BCUT2D eigenvalue weighted by Gasteiger charge is 2.11. The molecule has 3 heterocycles. The molecule has 2 aliphatic heterocycles. The molecule has 0 aliphatic carbocycles. The normalized spacial score (nSPS) is 16.0. The monoisotopic (exact) mass is 144 g/mol. The van der Waals surface area contributed by atoms with Crippen molar-refractivity contribution >= 4 is 12.3 Å². The highest BCUT2D eigenvalue weighted by Crippen LogP contribution is 2.04. The smallest absolute Gasteiger partial charge is 0.159 e. The van der Waals surface area contributed by atoms with Crippen LogP contribution in [0.25, 0.3) is 6.08 Å². The Morgan fingerprint density at radius 3 is 3.36 bits per heavy atom. The van der Waals surface area contributed by atoms with Gasteiger partial charge in [-0.15, -0.1) is 5.10 Å². The molecule has 4 heteroatoms. The van der Waals surface area contributed by atoms with Crippen LogP contribution in [0.2, 0.25) is 0 Å². The van der Waals surface area contributed by atoms with Gasteiger partial charge in [0.15, 0.2) is 5.49 Å². The van der Waals surface area contributed by atoms with Gasteiger partial charge in [-0.25, -0.2) is 4.99 Å². The van der Waals surface area contributed by atoms with E-state index in [2.05, 4.69) is 20.2 Å². The second kappa shape index (κ2) is 1.47. The van der Waals surface area contributed by atoms with Gasteiger partial charge in [0.05, 0.1) is 11.9 Å². The van der Waals surface area contributed by atoms with Crippen molar-refractivity contribution in [1.82, 2.24) is 4.98 Å². The highest BCUT2D eigenvalue weighted by atomic mass is 15.2. The molecule has 2 bridgehead atoms. The zero-order valence-electron chi connectivity index (χ0n) is 5.57. The fraction of sp³-hybridized carbons (Fsp3) is 0. The highest BCUT2D eigenvalue weighted by molar-refractivity contribution is 5.85. The lowest BCUT2D eigenvalue weighted by atomic mass is 10.2. The largest absolute Gasteiger partial charge is 0.338 e. The summed E-state index contributed by atoms with van der Waals surface area (Å²) in [6.45, 7) is 0. The lowest BCUT2D eigenvalue weighted by Gasteiger charge is -1.88. The summed E-state index contributed by atoms with van der Waals surface area (Å²) < 4.78 is 0. The zero-order valence-corrected chi connectivity index (χ0v) is 5.57. The number of rotatable bonds is 0. The Morgan fingerprint density at radius 2 is 2.36 bits per heavy atom.